The Balaban J connectivity index is 2.77. The van der Waals surface area contributed by atoms with Crippen LogP contribution < -0.4 is 0 Å². The van der Waals surface area contributed by atoms with E-state index >= 15 is 0 Å². The third-order valence-electron chi connectivity index (χ3n) is 2.04. The molecule has 1 fully saturated rings. The van der Waals surface area contributed by atoms with Crippen molar-refractivity contribution in [3.05, 3.63) is 0 Å². The third-order valence-corrected chi connectivity index (χ3v) is 2.04. The van der Waals surface area contributed by atoms with Crippen molar-refractivity contribution >= 4 is 12.2 Å². The molecule has 1 atom stereocenters. The van der Waals surface area contributed by atoms with Gasteiger partial charge in [0.15, 0.2) is 6.54 Å². The van der Waals surface area contributed by atoms with Gasteiger partial charge < -0.3 is 0 Å². The minimum atomic E-state index is -0.317. The zero-order valence-corrected chi connectivity index (χ0v) is 6.82. The topological polar surface area (TPSA) is 49.5 Å². The molecule has 1 aliphatic heterocycles. The van der Waals surface area contributed by atoms with Gasteiger partial charge in [-0.25, -0.2) is 4.79 Å². The third kappa shape index (κ3) is 2.12. The molecule has 1 saturated heterocycles. The van der Waals surface area contributed by atoms with Crippen molar-refractivity contribution < 1.29 is 14.2 Å². The second-order valence-electron chi connectivity index (χ2n) is 2.84. The molecule has 1 rings (SSSR count). The molecule has 12 heavy (non-hydrogen) atoms. The molecule has 0 N–H and O–H groups in total. The molecule has 0 saturated carbocycles. The highest BCUT2D eigenvalue weighted by Crippen LogP contribution is 2.12. The summed E-state index contributed by atoms with van der Waals surface area (Å²) >= 11 is 0. The normalized spacial score (nSPS) is 23.7. The molecule has 0 bridgehead atoms. The van der Waals surface area contributed by atoms with Crippen LogP contribution in [0.3, 0.4) is 0 Å². The maximum atomic E-state index is 10.4. The van der Waals surface area contributed by atoms with Crippen molar-refractivity contribution in [2.45, 2.75) is 31.8 Å². The van der Waals surface area contributed by atoms with Gasteiger partial charge in [0.2, 0.25) is 6.08 Å². The molecule has 4 nitrogen and oxygen atoms in total. The molecule has 0 radical (unpaired) electrons. The van der Waals surface area contributed by atoms with Crippen LogP contribution in [-0.4, -0.2) is 29.4 Å². The van der Waals surface area contributed by atoms with Crippen LogP contribution in [0.4, 0.5) is 0 Å². The molecule has 1 heterocycles. The van der Waals surface area contributed by atoms with E-state index in [4.69, 9.17) is 0 Å². The highest BCUT2D eigenvalue weighted by atomic mass is 16.1. The molecule has 0 aromatic rings. The van der Waals surface area contributed by atoms with Crippen molar-refractivity contribution in [3.63, 3.8) is 0 Å². The molecule has 0 aromatic carbocycles. The Hall–Kier alpha value is -1.24. The average Bonchev–Trinajstić information content (AvgIpc) is 2.30. The van der Waals surface area contributed by atoms with Crippen LogP contribution in [0.5, 0.6) is 0 Å². The van der Waals surface area contributed by atoms with E-state index in [-0.39, 0.29) is 6.17 Å². The first-order valence-electron chi connectivity index (χ1n) is 4.10. The molecular formula is C8H11N2O2+. The molecular weight excluding hydrogens is 156 g/mol. The van der Waals surface area contributed by atoms with E-state index in [2.05, 4.69) is 4.99 Å². The van der Waals surface area contributed by atoms with Gasteiger partial charge in [-0.3, -0.25) is 0 Å². The lowest BCUT2D eigenvalue weighted by Crippen LogP contribution is -2.22. The maximum absolute atomic E-state index is 10.4. The minimum Gasteiger partial charge on any atom is -0.211 e. The fourth-order valence-corrected chi connectivity index (χ4v) is 1.39. The molecule has 0 spiro atoms. The summed E-state index contributed by atoms with van der Waals surface area (Å²) in [4.78, 5) is 24.0. The van der Waals surface area contributed by atoms with Crippen LogP contribution >= 0.6 is 0 Å². The van der Waals surface area contributed by atoms with E-state index in [0.29, 0.717) is 6.54 Å². The summed E-state index contributed by atoms with van der Waals surface area (Å²) in [5.41, 5.74) is 0. The van der Waals surface area contributed by atoms with E-state index in [1.54, 1.807) is 6.08 Å². The Morgan fingerprint density at radius 1 is 1.25 bits per heavy atom. The zero-order valence-electron chi connectivity index (χ0n) is 6.82. The summed E-state index contributed by atoms with van der Waals surface area (Å²) in [6, 6.07) is 0. The Kier molecular flexibility index (Phi) is 3.39. The smallest absolute Gasteiger partial charge is 0.211 e. The molecule has 64 valence electrons. The van der Waals surface area contributed by atoms with E-state index in [0.717, 1.165) is 25.7 Å². The fourth-order valence-electron chi connectivity index (χ4n) is 1.39. The van der Waals surface area contributed by atoms with E-state index in [1.807, 2.05) is 0 Å². The Labute approximate surface area is 70.6 Å². The summed E-state index contributed by atoms with van der Waals surface area (Å²) in [7, 11) is 0. The number of rotatable bonds is 1. The Morgan fingerprint density at radius 2 is 2.08 bits per heavy atom. The van der Waals surface area contributed by atoms with Crippen molar-refractivity contribution in [2.75, 3.05) is 6.54 Å². The van der Waals surface area contributed by atoms with Gasteiger partial charge in [-0.1, -0.05) is 0 Å². The average molecular weight is 167 g/mol. The number of hydrogen-bond donors (Lipinski definition) is 0. The first-order chi connectivity index (χ1) is 5.88. The highest BCUT2D eigenvalue weighted by molar-refractivity contribution is 5.33. The minimum absolute atomic E-state index is 0.317. The van der Waals surface area contributed by atoms with Crippen LogP contribution in [0.25, 0.3) is 0 Å². The van der Waals surface area contributed by atoms with Crippen molar-refractivity contribution in [1.82, 2.24) is 0 Å². The van der Waals surface area contributed by atoms with Crippen LogP contribution in [0.2, 0.25) is 0 Å². The fraction of sp³-hybridized carbons (Fsp3) is 0.750. The number of hydrogen-bond acceptors (Lipinski definition) is 3. The Bertz CT molecular complexity index is 250. The van der Waals surface area contributed by atoms with Gasteiger partial charge in [0.05, 0.1) is 0 Å². The van der Waals surface area contributed by atoms with Crippen molar-refractivity contribution in [3.8, 4) is 0 Å². The number of carbonyl (C=O) groups excluding carboxylic acids is 2. The summed E-state index contributed by atoms with van der Waals surface area (Å²) in [6.45, 7) is 0.652. The number of aliphatic imine (C=N–C) groups is 1. The van der Waals surface area contributed by atoms with E-state index in [1.165, 1.54) is 10.7 Å². The van der Waals surface area contributed by atoms with Gasteiger partial charge in [-0.15, -0.1) is 9.57 Å². The summed E-state index contributed by atoms with van der Waals surface area (Å²) < 4.78 is 1.44. The lowest BCUT2D eigenvalue weighted by molar-refractivity contribution is -0.560. The highest BCUT2D eigenvalue weighted by Gasteiger charge is 2.23. The van der Waals surface area contributed by atoms with Crippen LogP contribution in [0, 0.1) is 0 Å². The quantitative estimate of drug-likeness (QED) is 0.325. The standard InChI is InChI=1S/C8H11N2O2/c11-6-9-8-4-2-1-3-5-10(8)7-12/h8H,1-5H2/q+1. The monoisotopic (exact) mass is 167 g/mol. The second kappa shape index (κ2) is 4.60. The SMILES string of the molecule is O=C=NC1CCCCC[N+]1=C=O. The van der Waals surface area contributed by atoms with E-state index < -0.39 is 0 Å². The first-order valence-corrected chi connectivity index (χ1v) is 4.10. The largest absolute Gasteiger partial charge is 0.426 e. The molecule has 1 unspecified atom stereocenters. The van der Waals surface area contributed by atoms with Gasteiger partial charge in [-0.2, -0.15) is 4.79 Å². The van der Waals surface area contributed by atoms with Crippen LogP contribution in [0.1, 0.15) is 25.7 Å². The van der Waals surface area contributed by atoms with Gasteiger partial charge in [0.1, 0.15) is 0 Å². The molecule has 0 aliphatic carbocycles. The lowest BCUT2D eigenvalue weighted by Gasteiger charge is -1.99. The summed E-state index contributed by atoms with van der Waals surface area (Å²) in [6.07, 6.45) is 6.78. The van der Waals surface area contributed by atoms with Crippen LogP contribution in [0.15, 0.2) is 4.99 Å². The number of isocyanates is 2. The number of nitrogens with zero attached hydrogens (tertiary/aromatic N) is 2. The molecule has 0 amide bonds. The lowest BCUT2D eigenvalue weighted by atomic mass is 10.2. The Morgan fingerprint density at radius 3 is 2.75 bits per heavy atom. The summed E-state index contributed by atoms with van der Waals surface area (Å²) in [5, 5.41) is 0. The maximum Gasteiger partial charge on any atom is 0.426 e. The second-order valence-corrected chi connectivity index (χ2v) is 2.84. The van der Waals surface area contributed by atoms with E-state index in [9.17, 15) is 9.59 Å². The predicted molar refractivity (Wildman–Crippen MR) is 41.2 cm³/mol. The molecule has 1 aliphatic rings. The van der Waals surface area contributed by atoms with Gasteiger partial charge >= 0.3 is 6.08 Å². The van der Waals surface area contributed by atoms with Crippen LogP contribution in [-0.2, 0) is 9.59 Å². The predicted octanol–water partition coefficient (Wildman–Crippen LogP) is 0.571. The zero-order chi connectivity index (χ0) is 8.81. The summed E-state index contributed by atoms with van der Waals surface area (Å²) in [5.74, 6) is 0. The van der Waals surface area contributed by atoms with Gasteiger partial charge in [-0.05, 0) is 12.8 Å². The first kappa shape index (κ1) is 8.85. The van der Waals surface area contributed by atoms with Crippen molar-refractivity contribution in [2.24, 2.45) is 4.99 Å². The van der Waals surface area contributed by atoms with Gasteiger partial charge in [0.25, 0.3) is 6.17 Å². The molecule has 4 heteroatoms. The molecule has 0 aromatic heterocycles. The van der Waals surface area contributed by atoms with Crippen molar-refractivity contribution in [1.29, 1.82) is 0 Å². The van der Waals surface area contributed by atoms with Gasteiger partial charge in [0, 0.05) is 12.8 Å².